The second-order valence-corrected chi connectivity index (χ2v) is 9.19. The number of carbonyl (C=O) groups excluding carboxylic acids is 1. The number of ether oxygens (including phenoxy) is 1. The molecule has 182 valence electrons. The number of imidazole rings is 1. The number of benzene rings is 2. The largest absolute Gasteiger partial charge is 0.755 e. The molecule has 7 nitrogen and oxygen atoms in total. The smallest absolute Gasteiger partial charge is 0.289 e. The van der Waals surface area contributed by atoms with Crippen LogP contribution in [0.2, 0.25) is 5.02 Å². The van der Waals surface area contributed by atoms with Crippen molar-refractivity contribution in [1.82, 2.24) is 9.55 Å². The standard InChI is InChI=1S/C25H30ClN3O4S/c1-4-6-7-14-33-21-13-10-19(22(26)15-21)16-28-17-23(27-24(28)5-2)25(30)29(34(31)32)20-11-8-18(3)9-12-20/h8-13,15,17H,4-7,14,16H2,1-3H3,(H,31,32)/p-1. The normalized spacial score (nSPS) is 11.9. The van der Waals surface area contributed by atoms with Crippen molar-refractivity contribution in [2.24, 2.45) is 0 Å². The third kappa shape index (κ3) is 6.46. The van der Waals surface area contributed by atoms with Crippen molar-refractivity contribution in [3.63, 3.8) is 0 Å². The first-order valence-corrected chi connectivity index (χ1v) is 12.7. The van der Waals surface area contributed by atoms with Gasteiger partial charge < -0.3 is 13.9 Å². The predicted molar refractivity (Wildman–Crippen MR) is 134 cm³/mol. The minimum absolute atomic E-state index is 0.0497. The number of aryl methyl sites for hydroxylation is 2. The molecule has 0 saturated carbocycles. The van der Waals surface area contributed by atoms with Gasteiger partial charge in [-0.05, 0) is 43.2 Å². The summed E-state index contributed by atoms with van der Waals surface area (Å²) in [6, 6.07) is 12.2. The molecule has 0 fully saturated rings. The molecule has 0 spiro atoms. The van der Waals surface area contributed by atoms with Crippen LogP contribution in [0.1, 0.15) is 60.5 Å². The second-order valence-electron chi connectivity index (χ2n) is 7.98. The molecule has 2 aromatic carbocycles. The van der Waals surface area contributed by atoms with E-state index in [-0.39, 0.29) is 11.4 Å². The molecule has 3 rings (SSSR count). The van der Waals surface area contributed by atoms with Gasteiger partial charge in [0, 0.05) is 17.6 Å². The van der Waals surface area contributed by atoms with Gasteiger partial charge in [-0.25, -0.2) is 9.29 Å². The van der Waals surface area contributed by atoms with Gasteiger partial charge in [0.2, 0.25) is 0 Å². The molecule has 9 heteroatoms. The molecule has 1 unspecified atom stereocenters. The van der Waals surface area contributed by atoms with E-state index in [0.717, 1.165) is 30.4 Å². The van der Waals surface area contributed by atoms with Crippen LogP contribution < -0.4 is 9.04 Å². The van der Waals surface area contributed by atoms with E-state index in [0.29, 0.717) is 40.5 Å². The minimum atomic E-state index is -2.79. The van der Waals surface area contributed by atoms with Gasteiger partial charge in [-0.3, -0.25) is 9.00 Å². The van der Waals surface area contributed by atoms with Crippen LogP contribution in [0.4, 0.5) is 5.69 Å². The molecule has 3 aromatic rings. The van der Waals surface area contributed by atoms with Crippen molar-refractivity contribution in [2.45, 2.75) is 53.0 Å². The Bertz CT molecular complexity index is 1150. The van der Waals surface area contributed by atoms with E-state index in [9.17, 15) is 13.6 Å². The summed E-state index contributed by atoms with van der Waals surface area (Å²) < 4.78 is 32.1. The molecule has 0 N–H and O–H groups in total. The highest BCUT2D eigenvalue weighted by atomic mass is 35.5. The summed E-state index contributed by atoms with van der Waals surface area (Å²) in [5.74, 6) is 0.654. The number of halogens is 1. The van der Waals surface area contributed by atoms with Gasteiger partial charge in [-0.15, -0.1) is 0 Å². The maximum Gasteiger partial charge on any atom is 0.289 e. The zero-order chi connectivity index (χ0) is 24.7. The fourth-order valence-electron chi connectivity index (χ4n) is 3.50. The van der Waals surface area contributed by atoms with Crippen molar-refractivity contribution in [3.8, 4) is 5.75 Å². The summed E-state index contributed by atoms with van der Waals surface area (Å²) >= 11 is 3.71. The first-order valence-electron chi connectivity index (χ1n) is 11.3. The number of amides is 1. The Hall–Kier alpha value is -2.68. The molecule has 0 aliphatic carbocycles. The van der Waals surface area contributed by atoms with Crippen molar-refractivity contribution < 1.29 is 18.3 Å². The Morgan fingerprint density at radius 3 is 2.53 bits per heavy atom. The van der Waals surface area contributed by atoms with Crippen molar-refractivity contribution >= 4 is 34.5 Å². The monoisotopic (exact) mass is 502 g/mol. The van der Waals surface area contributed by atoms with Gasteiger partial charge >= 0.3 is 0 Å². The fourth-order valence-corrected chi connectivity index (χ4v) is 4.26. The molecule has 1 heterocycles. The third-order valence-electron chi connectivity index (χ3n) is 5.38. The zero-order valence-corrected chi connectivity index (χ0v) is 21.2. The number of nitrogens with zero attached hydrogens (tertiary/aromatic N) is 3. The summed E-state index contributed by atoms with van der Waals surface area (Å²) in [5.41, 5.74) is 2.11. The Kier molecular flexibility index (Phi) is 9.27. The lowest BCUT2D eigenvalue weighted by molar-refractivity contribution is 0.100. The molecular formula is C25H29ClN3O4S-. The van der Waals surface area contributed by atoms with Gasteiger partial charge in [0.15, 0.2) is 0 Å². The SMILES string of the molecule is CCCCCOc1ccc(Cn2cc(C(=O)N(c3ccc(C)cc3)S(=O)[O-])nc2CC)c(Cl)c1. The number of unbranched alkanes of at least 4 members (excludes halogenated alkanes) is 2. The zero-order valence-electron chi connectivity index (χ0n) is 19.6. The molecule has 34 heavy (non-hydrogen) atoms. The quantitative estimate of drug-likeness (QED) is 0.256. The highest BCUT2D eigenvalue weighted by molar-refractivity contribution is 7.81. The lowest BCUT2D eigenvalue weighted by Crippen LogP contribution is -2.32. The first-order chi connectivity index (χ1) is 16.3. The van der Waals surface area contributed by atoms with Crippen LogP contribution >= 0.6 is 11.6 Å². The number of hydrogen-bond acceptors (Lipinski definition) is 5. The van der Waals surface area contributed by atoms with Gasteiger partial charge in [0.25, 0.3) is 5.91 Å². The van der Waals surface area contributed by atoms with Crippen LogP contribution in [-0.2, 0) is 24.2 Å². The summed E-state index contributed by atoms with van der Waals surface area (Å²) in [5, 5.41) is 0.554. The number of aromatic nitrogens is 2. The number of hydrogen-bond donors (Lipinski definition) is 0. The average molecular weight is 503 g/mol. The Labute approximate surface area is 208 Å². The van der Waals surface area contributed by atoms with E-state index in [1.54, 1.807) is 36.5 Å². The Morgan fingerprint density at radius 1 is 1.18 bits per heavy atom. The molecule has 1 aromatic heterocycles. The average Bonchev–Trinajstić information content (AvgIpc) is 3.22. The topological polar surface area (TPSA) is 87.5 Å². The summed E-state index contributed by atoms with van der Waals surface area (Å²) in [4.78, 5) is 17.5. The van der Waals surface area contributed by atoms with E-state index in [2.05, 4.69) is 11.9 Å². The Morgan fingerprint density at radius 2 is 1.91 bits per heavy atom. The highest BCUT2D eigenvalue weighted by Gasteiger charge is 2.23. The van der Waals surface area contributed by atoms with E-state index in [1.807, 2.05) is 30.5 Å². The number of carbonyl (C=O) groups is 1. The number of rotatable bonds is 11. The minimum Gasteiger partial charge on any atom is -0.755 e. The van der Waals surface area contributed by atoms with E-state index in [4.69, 9.17) is 16.3 Å². The van der Waals surface area contributed by atoms with E-state index >= 15 is 0 Å². The predicted octanol–water partition coefficient (Wildman–Crippen LogP) is 5.47. The van der Waals surface area contributed by atoms with Crippen molar-refractivity contribution in [2.75, 3.05) is 10.9 Å². The maximum atomic E-state index is 13.1. The molecule has 0 saturated heterocycles. The van der Waals surface area contributed by atoms with E-state index in [1.165, 1.54) is 0 Å². The van der Waals surface area contributed by atoms with Crippen LogP contribution in [0.3, 0.4) is 0 Å². The fraction of sp³-hybridized carbons (Fsp3) is 0.360. The molecule has 0 bridgehead atoms. The van der Waals surface area contributed by atoms with Crippen LogP contribution in [0.15, 0.2) is 48.7 Å². The van der Waals surface area contributed by atoms with Crippen LogP contribution in [0, 0.1) is 6.92 Å². The van der Waals surface area contributed by atoms with Crippen LogP contribution in [0.25, 0.3) is 0 Å². The lowest BCUT2D eigenvalue weighted by Gasteiger charge is -2.23. The van der Waals surface area contributed by atoms with Crippen LogP contribution in [0.5, 0.6) is 5.75 Å². The van der Waals surface area contributed by atoms with Gasteiger partial charge in [0.1, 0.15) is 17.3 Å². The molecule has 0 radical (unpaired) electrons. The van der Waals surface area contributed by atoms with E-state index < -0.39 is 17.2 Å². The van der Waals surface area contributed by atoms with Crippen molar-refractivity contribution in [1.29, 1.82) is 0 Å². The third-order valence-corrected chi connectivity index (χ3v) is 6.40. The first kappa shape index (κ1) is 25.9. The highest BCUT2D eigenvalue weighted by Crippen LogP contribution is 2.25. The second kappa shape index (κ2) is 12.1. The molecule has 0 aliphatic heterocycles. The van der Waals surface area contributed by atoms with Crippen molar-refractivity contribution in [3.05, 3.63) is 76.3 Å². The van der Waals surface area contributed by atoms with Gasteiger partial charge in [-0.2, -0.15) is 0 Å². The molecule has 0 aliphatic rings. The summed E-state index contributed by atoms with van der Waals surface area (Å²) in [6.45, 7) is 6.99. The maximum absolute atomic E-state index is 13.1. The van der Waals surface area contributed by atoms with Gasteiger partial charge in [-0.1, -0.05) is 62.1 Å². The Balaban J connectivity index is 1.80. The molecule has 1 atom stereocenters. The summed E-state index contributed by atoms with van der Waals surface area (Å²) in [7, 11) is 0. The molecule has 1 amide bonds. The lowest BCUT2D eigenvalue weighted by atomic mass is 10.2. The van der Waals surface area contributed by atoms with Gasteiger partial charge in [0.05, 0.1) is 30.1 Å². The number of anilines is 1. The molecular weight excluding hydrogens is 474 g/mol. The van der Waals surface area contributed by atoms with Crippen LogP contribution in [-0.4, -0.2) is 30.8 Å². The summed E-state index contributed by atoms with van der Waals surface area (Å²) in [6.07, 6.45) is 5.38.